The molecule has 4 aromatic carbocycles. The Morgan fingerprint density at radius 1 is 0.400 bits per heavy atom. The number of nitrogens with zero attached hydrogens (tertiary/aromatic N) is 5. The normalized spacial score (nSPS) is 15.8. The average molecular weight is 655 g/mol. The SMILES string of the molecule is O=[N+](O)O.[Ni].c1ccc(CN2CCN(Cc3ccccc3)CCN(Cc3ccccc3)CCN(Cc3ccccc3)CC2)cc1. The molecular weight excluding hydrogens is 609 g/mol. The van der Waals surface area contributed by atoms with Gasteiger partial charge in [-0.1, -0.05) is 121 Å². The van der Waals surface area contributed by atoms with E-state index in [4.69, 9.17) is 15.3 Å². The van der Waals surface area contributed by atoms with E-state index in [0.717, 1.165) is 78.5 Å². The fourth-order valence-electron chi connectivity index (χ4n) is 5.58. The molecule has 8 nitrogen and oxygen atoms in total. The van der Waals surface area contributed by atoms with Crippen LogP contribution in [-0.2, 0) is 42.7 Å². The van der Waals surface area contributed by atoms with Crippen molar-refractivity contribution in [3.63, 3.8) is 0 Å². The Kier molecular flexibility index (Phi) is 16.3. The molecule has 0 saturated carbocycles. The van der Waals surface area contributed by atoms with Crippen molar-refractivity contribution in [3.05, 3.63) is 148 Å². The van der Waals surface area contributed by atoms with Gasteiger partial charge in [-0.2, -0.15) is 0 Å². The van der Waals surface area contributed by atoms with E-state index in [0.29, 0.717) is 0 Å². The molecule has 9 heteroatoms. The van der Waals surface area contributed by atoms with Crippen molar-refractivity contribution in [3.8, 4) is 0 Å². The maximum Gasteiger partial charge on any atom is 0.472 e. The van der Waals surface area contributed by atoms with Gasteiger partial charge in [0.05, 0.1) is 0 Å². The monoisotopic (exact) mass is 654 g/mol. The molecule has 0 spiro atoms. The maximum absolute atomic E-state index is 8.47. The minimum atomic E-state index is -1.25. The molecule has 5 rings (SSSR count). The Hall–Kier alpha value is -3.59. The van der Waals surface area contributed by atoms with E-state index >= 15 is 0 Å². The summed E-state index contributed by atoms with van der Waals surface area (Å²) in [6.07, 6.45) is 0. The molecule has 1 aliphatic rings. The predicted octanol–water partition coefficient (Wildman–Crippen LogP) is 5.55. The van der Waals surface area contributed by atoms with Crippen LogP contribution in [0.2, 0.25) is 0 Å². The second-order valence-electron chi connectivity index (χ2n) is 11.3. The summed E-state index contributed by atoms with van der Waals surface area (Å²) in [5.41, 5.74) is 5.58. The fraction of sp³-hybridized carbons (Fsp3) is 0.333. The third-order valence-corrected chi connectivity index (χ3v) is 7.93. The van der Waals surface area contributed by atoms with E-state index < -0.39 is 5.09 Å². The third kappa shape index (κ3) is 14.4. The quantitative estimate of drug-likeness (QED) is 0.191. The van der Waals surface area contributed by atoms with E-state index in [2.05, 4.69) is 141 Å². The Bertz CT molecular complexity index is 1120. The summed E-state index contributed by atoms with van der Waals surface area (Å²) in [5.74, 6) is 0. The summed E-state index contributed by atoms with van der Waals surface area (Å²) in [6, 6.07) is 43.9. The molecule has 0 bridgehead atoms. The number of benzene rings is 4. The van der Waals surface area contributed by atoms with Crippen LogP contribution in [0.3, 0.4) is 0 Å². The van der Waals surface area contributed by atoms with Crippen molar-refractivity contribution in [2.45, 2.75) is 26.2 Å². The first kappa shape index (κ1) is 35.9. The molecule has 1 aliphatic heterocycles. The molecule has 0 radical (unpaired) electrons. The molecule has 0 aliphatic carbocycles. The molecular formula is C36H46N5NiO3+. The molecule has 45 heavy (non-hydrogen) atoms. The van der Waals surface area contributed by atoms with Gasteiger partial charge < -0.3 is 0 Å². The zero-order valence-electron chi connectivity index (χ0n) is 25.9. The fourth-order valence-corrected chi connectivity index (χ4v) is 5.58. The standard InChI is InChI=1S/C36H44N4.H2NO3.Ni/c1-5-13-33(14-6-1)29-37-21-23-38(30-34-15-7-2-8-16-34)25-27-40(32-36-19-11-4-12-20-36)28-26-39(24-22-37)31-35-17-9-3-10-18-35;2-1(3)4;/h1-20H,21-32H2;(H2,2,3,4);/q;+1;. The van der Waals surface area contributed by atoms with E-state index in [1.54, 1.807) is 0 Å². The molecule has 4 aromatic rings. The first-order valence-corrected chi connectivity index (χ1v) is 15.4. The Labute approximate surface area is 277 Å². The van der Waals surface area contributed by atoms with Gasteiger partial charge in [0.15, 0.2) is 0 Å². The predicted molar refractivity (Wildman–Crippen MR) is 174 cm³/mol. The summed E-state index contributed by atoms with van der Waals surface area (Å²) in [5, 5.41) is 12.5. The minimum absolute atomic E-state index is 0. The second-order valence-corrected chi connectivity index (χ2v) is 11.3. The summed E-state index contributed by atoms with van der Waals surface area (Å²) in [4.78, 5) is 19.1. The largest absolute Gasteiger partial charge is 0.472 e. The molecule has 0 amide bonds. The third-order valence-electron chi connectivity index (χ3n) is 7.93. The zero-order valence-corrected chi connectivity index (χ0v) is 26.9. The van der Waals surface area contributed by atoms with Crippen LogP contribution in [0.5, 0.6) is 0 Å². The Morgan fingerprint density at radius 2 is 0.556 bits per heavy atom. The molecule has 2 N–H and O–H groups in total. The smallest absolute Gasteiger partial charge is 0.297 e. The molecule has 1 heterocycles. The minimum Gasteiger partial charge on any atom is -0.297 e. The maximum atomic E-state index is 8.47. The van der Waals surface area contributed by atoms with Crippen LogP contribution >= 0.6 is 0 Å². The van der Waals surface area contributed by atoms with Gasteiger partial charge in [0.2, 0.25) is 0 Å². The van der Waals surface area contributed by atoms with Crippen molar-refractivity contribution >= 4 is 0 Å². The first-order chi connectivity index (χ1) is 21.5. The zero-order chi connectivity index (χ0) is 30.8. The van der Waals surface area contributed by atoms with Crippen LogP contribution in [0.1, 0.15) is 22.3 Å². The van der Waals surface area contributed by atoms with Gasteiger partial charge >= 0.3 is 5.09 Å². The van der Waals surface area contributed by atoms with Gasteiger partial charge in [0, 0.05) is 95.0 Å². The van der Waals surface area contributed by atoms with Crippen LogP contribution < -0.4 is 0 Å². The van der Waals surface area contributed by atoms with Crippen molar-refractivity contribution in [1.29, 1.82) is 0 Å². The van der Waals surface area contributed by atoms with E-state index in [9.17, 15) is 0 Å². The van der Waals surface area contributed by atoms with Crippen molar-refractivity contribution in [2.75, 3.05) is 52.4 Å². The number of rotatable bonds is 8. The molecule has 0 aromatic heterocycles. The summed E-state index contributed by atoms with van der Waals surface area (Å²) >= 11 is 0. The average Bonchev–Trinajstić information content (AvgIpc) is 3.04. The Morgan fingerprint density at radius 3 is 0.711 bits per heavy atom. The summed E-state index contributed by atoms with van der Waals surface area (Å²) < 4.78 is 0. The van der Waals surface area contributed by atoms with Crippen LogP contribution in [0.15, 0.2) is 121 Å². The number of hydrogen-bond donors (Lipinski definition) is 2. The molecule has 0 unspecified atom stereocenters. The molecule has 242 valence electrons. The number of hydrogen-bond acceptors (Lipinski definition) is 5. The van der Waals surface area contributed by atoms with Crippen LogP contribution in [0.25, 0.3) is 0 Å². The van der Waals surface area contributed by atoms with Crippen molar-refractivity contribution < 1.29 is 32.0 Å². The van der Waals surface area contributed by atoms with E-state index in [-0.39, 0.29) is 16.5 Å². The van der Waals surface area contributed by atoms with Gasteiger partial charge in [0.25, 0.3) is 0 Å². The summed E-state index contributed by atoms with van der Waals surface area (Å²) in [6.45, 7) is 12.5. The van der Waals surface area contributed by atoms with Crippen LogP contribution in [0.4, 0.5) is 0 Å². The van der Waals surface area contributed by atoms with Gasteiger partial charge in [-0.3, -0.25) is 19.6 Å². The van der Waals surface area contributed by atoms with Gasteiger partial charge in [-0.15, -0.1) is 0 Å². The Balaban J connectivity index is 0.00000104. The van der Waals surface area contributed by atoms with Gasteiger partial charge in [0.1, 0.15) is 4.91 Å². The van der Waals surface area contributed by atoms with Gasteiger partial charge in [-0.25, -0.2) is 10.4 Å². The second kappa shape index (κ2) is 20.4. The topological polar surface area (TPSA) is 73.5 Å². The summed E-state index contributed by atoms with van der Waals surface area (Å²) in [7, 11) is 0. The van der Waals surface area contributed by atoms with E-state index in [1.807, 2.05) is 0 Å². The van der Waals surface area contributed by atoms with Crippen LogP contribution in [-0.4, -0.2) is 87.5 Å². The molecule has 0 atom stereocenters. The van der Waals surface area contributed by atoms with Crippen molar-refractivity contribution in [1.82, 2.24) is 19.6 Å². The van der Waals surface area contributed by atoms with Crippen molar-refractivity contribution in [2.24, 2.45) is 0 Å². The van der Waals surface area contributed by atoms with Crippen LogP contribution in [0, 0.1) is 4.91 Å². The van der Waals surface area contributed by atoms with Gasteiger partial charge in [-0.05, 0) is 22.3 Å². The first-order valence-electron chi connectivity index (χ1n) is 15.4. The molecule has 1 saturated heterocycles. The van der Waals surface area contributed by atoms with E-state index in [1.165, 1.54) is 22.3 Å². The molecule has 1 fully saturated rings.